The lowest BCUT2D eigenvalue weighted by Crippen LogP contribution is -2.28. The van der Waals surface area contributed by atoms with Crippen LogP contribution in [0.4, 0.5) is 4.79 Å². The van der Waals surface area contributed by atoms with Gasteiger partial charge in [0.25, 0.3) is 11.1 Å². The van der Waals surface area contributed by atoms with E-state index in [0.29, 0.717) is 22.8 Å². The minimum atomic E-state index is -0.421. The minimum absolute atomic E-state index is 0.0505. The fourth-order valence-corrected chi connectivity index (χ4v) is 2.94. The molecule has 2 amide bonds. The molecular formula is C16H15NO5S. The lowest BCUT2D eigenvalue weighted by atomic mass is 10.1. The maximum atomic E-state index is 12.2. The topological polar surface area (TPSA) is 65.1 Å². The number of hydrogen-bond donors (Lipinski definition) is 0. The molecule has 7 heteroatoms. The van der Waals surface area contributed by atoms with Gasteiger partial charge in [0.2, 0.25) is 5.75 Å². The number of amides is 2. The second-order valence-electron chi connectivity index (χ2n) is 4.40. The Balaban J connectivity index is 2.46. The van der Waals surface area contributed by atoms with Crippen molar-refractivity contribution in [2.24, 2.45) is 0 Å². The molecule has 2 rings (SSSR count). The number of methoxy groups -OCH3 is 3. The normalized spacial score (nSPS) is 15.7. The quantitative estimate of drug-likeness (QED) is 0.609. The highest BCUT2D eigenvalue weighted by atomic mass is 32.2. The lowest BCUT2D eigenvalue weighted by Gasteiger charge is -2.14. The van der Waals surface area contributed by atoms with E-state index in [1.165, 1.54) is 21.3 Å². The molecule has 1 aromatic rings. The monoisotopic (exact) mass is 333 g/mol. The molecule has 0 aromatic heterocycles. The summed E-state index contributed by atoms with van der Waals surface area (Å²) in [6.45, 7) is -0.0505. The summed E-state index contributed by atoms with van der Waals surface area (Å²) in [5.74, 6) is 3.20. The van der Waals surface area contributed by atoms with Crippen molar-refractivity contribution in [1.29, 1.82) is 0 Å². The summed E-state index contributed by atoms with van der Waals surface area (Å²) in [5.41, 5.74) is 0.594. The molecule has 23 heavy (non-hydrogen) atoms. The van der Waals surface area contributed by atoms with E-state index < -0.39 is 11.1 Å². The Bertz CT molecular complexity index is 720. The van der Waals surface area contributed by atoms with Crippen molar-refractivity contribution < 1.29 is 23.8 Å². The van der Waals surface area contributed by atoms with Crippen LogP contribution in [0.2, 0.25) is 0 Å². The summed E-state index contributed by atoms with van der Waals surface area (Å²) in [7, 11) is 4.49. The molecule has 1 aliphatic rings. The minimum Gasteiger partial charge on any atom is -0.493 e. The Kier molecular flexibility index (Phi) is 5.19. The van der Waals surface area contributed by atoms with Gasteiger partial charge in [0.05, 0.1) is 32.8 Å². The van der Waals surface area contributed by atoms with Gasteiger partial charge in [-0.15, -0.1) is 6.42 Å². The number of terminal acetylenes is 1. The standard InChI is InChI=1S/C16H15NO5S/c1-5-8-17-15(18)12(23-16(17)19)9-10-6-7-11(20-2)14(22-4)13(10)21-3/h1,6-7,9H,8H2,2-4H3. The van der Waals surface area contributed by atoms with Gasteiger partial charge in [0, 0.05) is 5.56 Å². The van der Waals surface area contributed by atoms with Crippen molar-refractivity contribution in [3.05, 3.63) is 22.6 Å². The van der Waals surface area contributed by atoms with E-state index in [4.69, 9.17) is 20.6 Å². The van der Waals surface area contributed by atoms with E-state index in [1.807, 2.05) is 0 Å². The van der Waals surface area contributed by atoms with Gasteiger partial charge in [0.1, 0.15) is 0 Å². The van der Waals surface area contributed by atoms with E-state index in [0.717, 1.165) is 16.7 Å². The molecule has 0 spiro atoms. The molecule has 0 N–H and O–H groups in total. The first-order chi connectivity index (χ1) is 11.1. The van der Waals surface area contributed by atoms with E-state index in [2.05, 4.69) is 5.92 Å². The molecule has 1 aliphatic heterocycles. The highest BCUT2D eigenvalue weighted by Crippen LogP contribution is 2.42. The molecule has 0 atom stereocenters. The fourth-order valence-electron chi connectivity index (χ4n) is 2.11. The van der Waals surface area contributed by atoms with Crippen molar-refractivity contribution in [3.63, 3.8) is 0 Å². The maximum absolute atomic E-state index is 12.2. The molecule has 0 aliphatic carbocycles. The molecule has 0 radical (unpaired) electrons. The lowest BCUT2D eigenvalue weighted by molar-refractivity contribution is -0.122. The van der Waals surface area contributed by atoms with Crippen LogP contribution in [0.1, 0.15) is 5.56 Å². The highest BCUT2D eigenvalue weighted by molar-refractivity contribution is 8.18. The summed E-state index contributed by atoms with van der Waals surface area (Å²) >= 11 is 0.835. The second-order valence-corrected chi connectivity index (χ2v) is 5.39. The van der Waals surface area contributed by atoms with Gasteiger partial charge in [-0.05, 0) is 30.0 Å². The molecule has 1 heterocycles. The zero-order valence-electron chi connectivity index (χ0n) is 12.9. The number of rotatable bonds is 5. The van der Waals surface area contributed by atoms with Crippen LogP contribution in [-0.2, 0) is 4.79 Å². The Labute approximate surface area is 138 Å². The van der Waals surface area contributed by atoms with E-state index in [1.54, 1.807) is 18.2 Å². The van der Waals surface area contributed by atoms with Crippen molar-refractivity contribution in [2.45, 2.75) is 0 Å². The van der Waals surface area contributed by atoms with Crippen LogP contribution in [0.25, 0.3) is 6.08 Å². The number of imide groups is 1. The molecule has 1 saturated heterocycles. The van der Waals surface area contributed by atoms with E-state index in [9.17, 15) is 9.59 Å². The highest BCUT2D eigenvalue weighted by Gasteiger charge is 2.34. The Morgan fingerprint density at radius 3 is 2.43 bits per heavy atom. The summed E-state index contributed by atoms with van der Waals surface area (Å²) in [6, 6.07) is 3.41. The van der Waals surface area contributed by atoms with Gasteiger partial charge in [-0.3, -0.25) is 14.5 Å². The molecular weight excluding hydrogens is 318 g/mol. The van der Waals surface area contributed by atoms with Crippen LogP contribution in [0.5, 0.6) is 17.2 Å². The number of ether oxygens (including phenoxy) is 3. The third-order valence-electron chi connectivity index (χ3n) is 3.14. The van der Waals surface area contributed by atoms with Gasteiger partial charge in [0.15, 0.2) is 11.5 Å². The van der Waals surface area contributed by atoms with Gasteiger partial charge in [-0.1, -0.05) is 5.92 Å². The summed E-state index contributed by atoms with van der Waals surface area (Å²) in [4.78, 5) is 25.3. The number of nitrogens with zero attached hydrogens (tertiary/aromatic N) is 1. The van der Waals surface area contributed by atoms with E-state index >= 15 is 0 Å². The van der Waals surface area contributed by atoms with Gasteiger partial charge >= 0.3 is 0 Å². The summed E-state index contributed by atoms with van der Waals surface area (Å²) in [6.07, 6.45) is 6.74. The number of thioether (sulfide) groups is 1. The number of benzene rings is 1. The van der Waals surface area contributed by atoms with Crippen molar-refractivity contribution in [3.8, 4) is 29.6 Å². The van der Waals surface area contributed by atoms with Crippen molar-refractivity contribution >= 4 is 29.0 Å². The maximum Gasteiger partial charge on any atom is 0.294 e. The Hall–Kier alpha value is -2.59. The summed E-state index contributed by atoms with van der Waals surface area (Å²) < 4.78 is 15.9. The second kappa shape index (κ2) is 7.11. The van der Waals surface area contributed by atoms with Crippen molar-refractivity contribution in [1.82, 2.24) is 4.90 Å². The van der Waals surface area contributed by atoms with Crippen molar-refractivity contribution in [2.75, 3.05) is 27.9 Å². The third kappa shape index (κ3) is 3.12. The first kappa shape index (κ1) is 16.8. The van der Waals surface area contributed by atoms with E-state index in [-0.39, 0.29) is 11.4 Å². The zero-order chi connectivity index (χ0) is 17.0. The predicted octanol–water partition coefficient (Wildman–Crippen LogP) is 2.38. The zero-order valence-corrected chi connectivity index (χ0v) is 13.7. The van der Waals surface area contributed by atoms with Gasteiger partial charge < -0.3 is 14.2 Å². The molecule has 0 unspecified atom stereocenters. The Morgan fingerprint density at radius 2 is 1.87 bits per heavy atom. The molecule has 1 fully saturated rings. The largest absolute Gasteiger partial charge is 0.493 e. The first-order valence-corrected chi connectivity index (χ1v) is 7.36. The van der Waals surface area contributed by atoms with Gasteiger partial charge in [-0.2, -0.15) is 0 Å². The average molecular weight is 333 g/mol. The van der Waals surface area contributed by atoms with Crippen LogP contribution < -0.4 is 14.2 Å². The summed E-state index contributed by atoms with van der Waals surface area (Å²) in [5, 5.41) is -0.390. The van der Waals surface area contributed by atoms with Crippen LogP contribution >= 0.6 is 11.8 Å². The average Bonchev–Trinajstić information content (AvgIpc) is 2.82. The Morgan fingerprint density at radius 1 is 1.17 bits per heavy atom. The molecule has 120 valence electrons. The number of carbonyl (C=O) groups is 2. The van der Waals surface area contributed by atoms with Crippen LogP contribution in [0.15, 0.2) is 17.0 Å². The van der Waals surface area contributed by atoms with Crippen LogP contribution in [0, 0.1) is 12.3 Å². The molecule has 0 saturated carbocycles. The fraction of sp³-hybridized carbons (Fsp3) is 0.250. The number of hydrogen-bond acceptors (Lipinski definition) is 6. The SMILES string of the molecule is C#CCN1C(=O)SC(=Cc2ccc(OC)c(OC)c2OC)C1=O. The molecule has 1 aromatic carbocycles. The first-order valence-electron chi connectivity index (χ1n) is 6.55. The smallest absolute Gasteiger partial charge is 0.294 e. The molecule has 6 nitrogen and oxygen atoms in total. The third-order valence-corrected chi connectivity index (χ3v) is 4.05. The van der Waals surface area contributed by atoms with Crippen LogP contribution in [0.3, 0.4) is 0 Å². The predicted molar refractivity (Wildman–Crippen MR) is 87.6 cm³/mol. The molecule has 0 bridgehead atoms. The number of carbonyl (C=O) groups excluding carboxylic acids is 2. The van der Waals surface area contributed by atoms with Gasteiger partial charge in [-0.25, -0.2) is 0 Å². The van der Waals surface area contributed by atoms with Crippen LogP contribution in [-0.4, -0.2) is 43.9 Å².